The van der Waals surface area contributed by atoms with Crippen LogP contribution in [0.1, 0.15) is 10.4 Å². The molecule has 132 valence electrons. The largest absolute Gasteiger partial charge is 0.497 e. The summed E-state index contributed by atoms with van der Waals surface area (Å²) in [5.74, 6) is -0.447. The molecule has 2 aromatic carbocycles. The summed E-state index contributed by atoms with van der Waals surface area (Å²) in [5.41, 5.74) is 0.596. The first-order chi connectivity index (χ1) is 11.9. The van der Waals surface area contributed by atoms with Gasteiger partial charge in [0, 0.05) is 5.69 Å². The zero-order valence-electron chi connectivity index (χ0n) is 13.5. The van der Waals surface area contributed by atoms with Crippen molar-refractivity contribution in [1.29, 1.82) is 0 Å². The van der Waals surface area contributed by atoms with Crippen LogP contribution in [0.2, 0.25) is 10.0 Å². The van der Waals surface area contributed by atoms with Crippen molar-refractivity contribution in [3.8, 4) is 11.5 Å². The Kier molecular flexibility index (Phi) is 6.50. The quantitative estimate of drug-likeness (QED) is 0.767. The lowest BCUT2D eigenvalue weighted by Crippen LogP contribution is -2.21. The molecular weight excluding hydrogens is 369 g/mol. The molecule has 0 unspecified atom stereocenters. The molecule has 6 nitrogen and oxygen atoms in total. The zero-order chi connectivity index (χ0) is 18.4. The molecule has 0 aliphatic heterocycles. The summed E-state index contributed by atoms with van der Waals surface area (Å²) in [5, 5.41) is 3.23. The highest BCUT2D eigenvalue weighted by Gasteiger charge is 2.16. The van der Waals surface area contributed by atoms with Crippen LogP contribution in [0.5, 0.6) is 11.5 Å². The number of hydrogen-bond acceptors (Lipinski definition) is 5. The number of esters is 1. The fourth-order valence-corrected chi connectivity index (χ4v) is 2.25. The standard InChI is InChI=1S/C17H15Cl2NO5/c1-23-11-4-6-15(24-2)12(8-11)17(22)25-9-16(21)20-10-3-5-13(18)14(19)7-10/h3-8H,9H2,1-2H3,(H,20,21). The molecule has 0 aliphatic carbocycles. The van der Waals surface area contributed by atoms with E-state index in [-0.39, 0.29) is 5.56 Å². The summed E-state index contributed by atoms with van der Waals surface area (Å²) >= 11 is 11.7. The van der Waals surface area contributed by atoms with Gasteiger partial charge >= 0.3 is 5.97 Å². The second kappa shape index (κ2) is 8.60. The second-order valence-corrected chi connectivity index (χ2v) is 5.63. The van der Waals surface area contributed by atoms with Gasteiger partial charge in [0.05, 0.1) is 24.3 Å². The van der Waals surface area contributed by atoms with Crippen molar-refractivity contribution in [1.82, 2.24) is 0 Å². The Morgan fingerprint density at radius 1 is 1.00 bits per heavy atom. The maximum atomic E-state index is 12.2. The Balaban J connectivity index is 1.99. The van der Waals surface area contributed by atoms with Crippen molar-refractivity contribution in [3.63, 3.8) is 0 Å². The Labute approximate surface area is 154 Å². The molecule has 0 aromatic heterocycles. The van der Waals surface area contributed by atoms with E-state index < -0.39 is 18.5 Å². The highest BCUT2D eigenvalue weighted by molar-refractivity contribution is 6.42. The average molecular weight is 384 g/mol. The molecule has 0 aliphatic rings. The molecule has 0 bridgehead atoms. The first-order valence-corrected chi connectivity index (χ1v) is 7.84. The van der Waals surface area contributed by atoms with E-state index in [9.17, 15) is 9.59 Å². The first-order valence-electron chi connectivity index (χ1n) is 7.08. The van der Waals surface area contributed by atoms with Gasteiger partial charge in [-0.3, -0.25) is 4.79 Å². The molecule has 0 saturated heterocycles. The molecule has 1 amide bonds. The van der Waals surface area contributed by atoms with Gasteiger partial charge in [-0.2, -0.15) is 0 Å². The molecule has 2 rings (SSSR count). The van der Waals surface area contributed by atoms with E-state index in [0.29, 0.717) is 27.2 Å². The molecule has 0 radical (unpaired) electrons. The van der Waals surface area contributed by atoms with Crippen molar-refractivity contribution in [3.05, 3.63) is 52.0 Å². The molecular formula is C17H15Cl2NO5. The number of nitrogens with one attached hydrogen (secondary N) is 1. The lowest BCUT2D eigenvalue weighted by molar-refractivity contribution is -0.119. The van der Waals surface area contributed by atoms with Gasteiger partial charge in [0.2, 0.25) is 0 Å². The van der Waals surface area contributed by atoms with E-state index in [4.69, 9.17) is 37.4 Å². The molecule has 0 atom stereocenters. The van der Waals surface area contributed by atoms with Crippen LogP contribution in [0.3, 0.4) is 0 Å². The van der Waals surface area contributed by atoms with Crippen LogP contribution < -0.4 is 14.8 Å². The third-order valence-corrected chi connectivity index (χ3v) is 3.90. The minimum atomic E-state index is -0.708. The summed E-state index contributed by atoms with van der Waals surface area (Å²) in [4.78, 5) is 24.1. The van der Waals surface area contributed by atoms with E-state index in [2.05, 4.69) is 5.32 Å². The van der Waals surface area contributed by atoms with Crippen molar-refractivity contribution in [2.45, 2.75) is 0 Å². The summed E-state index contributed by atoms with van der Waals surface area (Å²) in [6.07, 6.45) is 0. The van der Waals surface area contributed by atoms with E-state index in [1.165, 1.54) is 26.4 Å². The minimum Gasteiger partial charge on any atom is -0.497 e. The monoisotopic (exact) mass is 383 g/mol. The van der Waals surface area contributed by atoms with Crippen LogP contribution in [-0.2, 0) is 9.53 Å². The molecule has 0 spiro atoms. The van der Waals surface area contributed by atoms with Gasteiger partial charge in [-0.1, -0.05) is 23.2 Å². The molecule has 0 saturated carbocycles. The number of anilines is 1. The molecule has 0 fully saturated rings. The first kappa shape index (κ1) is 18.9. The Hall–Kier alpha value is -2.44. The summed E-state index contributed by atoms with van der Waals surface area (Å²) < 4.78 is 15.2. The van der Waals surface area contributed by atoms with E-state index in [1.807, 2.05) is 0 Å². The fraction of sp³-hybridized carbons (Fsp3) is 0.176. The second-order valence-electron chi connectivity index (χ2n) is 4.82. The number of carbonyl (C=O) groups is 2. The van der Waals surface area contributed by atoms with Crippen LogP contribution in [-0.4, -0.2) is 32.7 Å². The predicted octanol–water partition coefficient (Wildman–Crippen LogP) is 3.81. The van der Waals surface area contributed by atoms with E-state index in [0.717, 1.165) is 0 Å². The number of methoxy groups -OCH3 is 2. The molecule has 8 heteroatoms. The maximum absolute atomic E-state index is 12.2. The summed E-state index contributed by atoms with van der Waals surface area (Å²) in [6, 6.07) is 9.32. The number of hydrogen-bond donors (Lipinski definition) is 1. The average Bonchev–Trinajstić information content (AvgIpc) is 2.62. The van der Waals surface area contributed by atoms with Gasteiger partial charge in [-0.25, -0.2) is 4.79 Å². The van der Waals surface area contributed by atoms with Gasteiger partial charge in [0.25, 0.3) is 5.91 Å². The van der Waals surface area contributed by atoms with Crippen molar-refractivity contribution in [2.24, 2.45) is 0 Å². The van der Waals surface area contributed by atoms with Crippen LogP contribution in [0.4, 0.5) is 5.69 Å². The highest BCUT2D eigenvalue weighted by atomic mass is 35.5. The summed E-state index contributed by atoms with van der Waals surface area (Å²) in [6.45, 7) is -0.473. The van der Waals surface area contributed by atoms with Gasteiger partial charge in [0.1, 0.15) is 17.1 Å². The molecule has 2 aromatic rings. The van der Waals surface area contributed by atoms with Gasteiger partial charge < -0.3 is 19.5 Å². The smallest absolute Gasteiger partial charge is 0.342 e. The van der Waals surface area contributed by atoms with E-state index >= 15 is 0 Å². The van der Waals surface area contributed by atoms with Gasteiger partial charge in [-0.05, 0) is 36.4 Å². The molecule has 1 N–H and O–H groups in total. The van der Waals surface area contributed by atoms with E-state index in [1.54, 1.807) is 24.3 Å². The number of halogens is 2. The normalized spacial score (nSPS) is 10.1. The number of benzene rings is 2. The Bertz CT molecular complexity index is 795. The topological polar surface area (TPSA) is 73.9 Å². The van der Waals surface area contributed by atoms with Crippen LogP contribution in [0.25, 0.3) is 0 Å². The highest BCUT2D eigenvalue weighted by Crippen LogP contribution is 2.26. The number of ether oxygens (including phenoxy) is 3. The third kappa shape index (κ3) is 5.01. The fourth-order valence-electron chi connectivity index (χ4n) is 1.95. The zero-order valence-corrected chi connectivity index (χ0v) is 15.0. The lowest BCUT2D eigenvalue weighted by Gasteiger charge is -2.11. The van der Waals surface area contributed by atoms with Crippen molar-refractivity contribution < 1.29 is 23.8 Å². The predicted molar refractivity (Wildman–Crippen MR) is 94.9 cm³/mol. The SMILES string of the molecule is COc1ccc(OC)c(C(=O)OCC(=O)Nc2ccc(Cl)c(Cl)c2)c1. The Morgan fingerprint density at radius 3 is 2.40 bits per heavy atom. The number of amides is 1. The third-order valence-electron chi connectivity index (χ3n) is 3.16. The van der Waals surface area contributed by atoms with Gasteiger partial charge in [0.15, 0.2) is 6.61 Å². The Morgan fingerprint density at radius 2 is 1.76 bits per heavy atom. The lowest BCUT2D eigenvalue weighted by atomic mass is 10.2. The van der Waals surface area contributed by atoms with Crippen molar-refractivity contribution in [2.75, 3.05) is 26.1 Å². The van der Waals surface area contributed by atoms with Gasteiger partial charge in [-0.15, -0.1) is 0 Å². The maximum Gasteiger partial charge on any atom is 0.342 e. The summed E-state index contributed by atoms with van der Waals surface area (Å²) in [7, 11) is 2.90. The number of rotatable bonds is 6. The molecule has 25 heavy (non-hydrogen) atoms. The van der Waals surface area contributed by atoms with Crippen LogP contribution >= 0.6 is 23.2 Å². The molecule has 0 heterocycles. The minimum absolute atomic E-state index is 0.157. The van der Waals surface area contributed by atoms with Crippen molar-refractivity contribution >= 4 is 40.8 Å². The van der Waals surface area contributed by atoms with Crippen LogP contribution in [0.15, 0.2) is 36.4 Å². The van der Waals surface area contributed by atoms with Crippen LogP contribution in [0, 0.1) is 0 Å². The number of carbonyl (C=O) groups excluding carboxylic acids is 2.